The highest BCUT2D eigenvalue weighted by Gasteiger charge is 2.25. The minimum Gasteiger partial charge on any atom is -0.496 e. The molecule has 3 rings (SSSR count). The molecule has 1 aromatic carbocycles. The van der Waals surface area contributed by atoms with E-state index in [1.165, 1.54) is 19.3 Å². The third-order valence-electron chi connectivity index (χ3n) is 4.74. The lowest BCUT2D eigenvalue weighted by Gasteiger charge is -2.35. The normalized spacial score (nSPS) is 16.4. The molecule has 134 valence electrons. The van der Waals surface area contributed by atoms with Crippen molar-refractivity contribution in [3.63, 3.8) is 0 Å². The van der Waals surface area contributed by atoms with Crippen molar-refractivity contribution in [2.75, 3.05) is 26.7 Å². The summed E-state index contributed by atoms with van der Waals surface area (Å²) in [6.45, 7) is 2.76. The summed E-state index contributed by atoms with van der Waals surface area (Å²) in [5.74, 6) is 0.977. The van der Waals surface area contributed by atoms with Gasteiger partial charge in [-0.1, -0.05) is 30.7 Å². The number of likely N-dealkylation sites (tertiary alicyclic amines) is 1. The van der Waals surface area contributed by atoms with Gasteiger partial charge in [0.2, 0.25) is 5.91 Å². The Morgan fingerprint density at radius 2 is 2.00 bits per heavy atom. The van der Waals surface area contributed by atoms with Crippen LogP contribution in [0.25, 0.3) is 0 Å². The summed E-state index contributed by atoms with van der Waals surface area (Å²) in [4.78, 5) is 15.9. The van der Waals surface area contributed by atoms with E-state index in [1.807, 2.05) is 35.7 Å². The molecular weight excluding hydrogens is 332 g/mol. The Kier molecular flexibility index (Phi) is 6.48. The highest BCUT2D eigenvalue weighted by molar-refractivity contribution is 7.10. The standard InChI is InChI=1S/C20H26N2O2S/c1-24-19-10-4-3-9-17(19)18(22-11-5-2-6-12-22)15-21-20(23)14-16-8-7-13-25-16/h3-4,7-10,13,18H,2,5-6,11-12,14-15H2,1H3,(H,21,23). The van der Waals surface area contributed by atoms with E-state index >= 15 is 0 Å². The van der Waals surface area contributed by atoms with Gasteiger partial charge in [0, 0.05) is 17.0 Å². The molecule has 1 saturated heterocycles. The number of nitrogens with one attached hydrogen (secondary N) is 1. The largest absolute Gasteiger partial charge is 0.496 e. The van der Waals surface area contributed by atoms with E-state index in [-0.39, 0.29) is 11.9 Å². The molecule has 1 aliphatic rings. The van der Waals surface area contributed by atoms with E-state index in [0.717, 1.165) is 29.3 Å². The number of hydrogen-bond acceptors (Lipinski definition) is 4. The van der Waals surface area contributed by atoms with Gasteiger partial charge in [0.15, 0.2) is 0 Å². The first-order chi connectivity index (χ1) is 12.3. The molecule has 1 amide bonds. The maximum atomic E-state index is 12.3. The number of nitrogens with zero attached hydrogens (tertiary/aromatic N) is 1. The van der Waals surface area contributed by atoms with Gasteiger partial charge >= 0.3 is 0 Å². The molecule has 2 aromatic rings. The molecule has 0 bridgehead atoms. The van der Waals surface area contributed by atoms with E-state index in [4.69, 9.17) is 4.74 Å². The average Bonchev–Trinajstić information content (AvgIpc) is 3.16. The lowest BCUT2D eigenvalue weighted by atomic mass is 10.0. The van der Waals surface area contributed by atoms with Crippen LogP contribution in [0.3, 0.4) is 0 Å². The molecule has 5 heteroatoms. The molecule has 2 heterocycles. The summed E-state index contributed by atoms with van der Waals surface area (Å²) in [7, 11) is 1.71. The molecule has 0 spiro atoms. The van der Waals surface area contributed by atoms with Gasteiger partial charge in [0.25, 0.3) is 0 Å². The monoisotopic (exact) mass is 358 g/mol. The van der Waals surface area contributed by atoms with E-state index < -0.39 is 0 Å². The van der Waals surface area contributed by atoms with Gasteiger partial charge < -0.3 is 10.1 Å². The van der Waals surface area contributed by atoms with Crippen molar-refractivity contribution in [2.24, 2.45) is 0 Å². The predicted molar refractivity (Wildman–Crippen MR) is 102 cm³/mol. The topological polar surface area (TPSA) is 41.6 Å². The van der Waals surface area contributed by atoms with Crippen LogP contribution in [-0.4, -0.2) is 37.6 Å². The zero-order valence-corrected chi connectivity index (χ0v) is 15.6. The van der Waals surface area contributed by atoms with E-state index in [1.54, 1.807) is 18.4 Å². The molecule has 1 fully saturated rings. The van der Waals surface area contributed by atoms with Crippen LogP contribution in [0.1, 0.15) is 35.7 Å². The molecule has 1 aliphatic heterocycles. The van der Waals surface area contributed by atoms with Gasteiger partial charge in [-0.05, 0) is 43.4 Å². The zero-order valence-electron chi connectivity index (χ0n) is 14.7. The Morgan fingerprint density at radius 3 is 2.72 bits per heavy atom. The molecule has 1 aromatic heterocycles. The minimum absolute atomic E-state index is 0.0827. The molecule has 0 radical (unpaired) electrons. The summed E-state index contributed by atoms with van der Waals surface area (Å²) in [5, 5.41) is 5.15. The highest BCUT2D eigenvalue weighted by atomic mass is 32.1. The zero-order chi connectivity index (χ0) is 17.5. The Bertz CT molecular complexity index is 666. The molecule has 1 N–H and O–H groups in total. The molecule has 1 unspecified atom stereocenters. The summed E-state index contributed by atoms with van der Waals surface area (Å²) >= 11 is 1.62. The summed E-state index contributed by atoms with van der Waals surface area (Å²) in [6.07, 6.45) is 4.18. The Morgan fingerprint density at radius 1 is 1.20 bits per heavy atom. The van der Waals surface area contributed by atoms with Crippen molar-refractivity contribution in [1.82, 2.24) is 10.2 Å². The maximum absolute atomic E-state index is 12.3. The molecule has 1 atom stereocenters. The first-order valence-electron chi connectivity index (χ1n) is 8.94. The third kappa shape index (κ3) is 4.83. The Balaban J connectivity index is 1.71. The van der Waals surface area contributed by atoms with Crippen LogP contribution < -0.4 is 10.1 Å². The van der Waals surface area contributed by atoms with Crippen molar-refractivity contribution in [3.05, 3.63) is 52.2 Å². The number of methoxy groups -OCH3 is 1. The fraction of sp³-hybridized carbons (Fsp3) is 0.450. The lowest BCUT2D eigenvalue weighted by molar-refractivity contribution is -0.120. The minimum atomic E-state index is 0.0827. The number of para-hydroxylation sites is 1. The number of carbonyl (C=O) groups is 1. The summed E-state index contributed by atoms with van der Waals surface area (Å²) in [6, 6.07) is 12.3. The van der Waals surface area contributed by atoms with E-state index in [0.29, 0.717) is 13.0 Å². The Labute approximate surface area is 153 Å². The number of carbonyl (C=O) groups excluding carboxylic acids is 1. The van der Waals surface area contributed by atoms with Gasteiger partial charge in [-0.2, -0.15) is 0 Å². The van der Waals surface area contributed by atoms with Gasteiger partial charge in [0.05, 0.1) is 19.6 Å². The number of piperidine rings is 1. The van der Waals surface area contributed by atoms with Gasteiger partial charge in [0.1, 0.15) is 5.75 Å². The van der Waals surface area contributed by atoms with Crippen molar-refractivity contribution >= 4 is 17.2 Å². The quantitative estimate of drug-likeness (QED) is 0.821. The van der Waals surface area contributed by atoms with Gasteiger partial charge in [-0.15, -0.1) is 11.3 Å². The second-order valence-corrected chi connectivity index (χ2v) is 7.45. The first kappa shape index (κ1) is 18.0. The molecule has 0 saturated carbocycles. The SMILES string of the molecule is COc1ccccc1C(CNC(=O)Cc1cccs1)N1CCCCC1. The van der Waals surface area contributed by atoms with Crippen molar-refractivity contribution < 1.29 is 9.53 Å². The number of amides is 1. The van der Waals surface area contributed by atoms with Crippen LogP contribution in [0.15, 0.2) is 41.8 Å². The van der Waals surface area contributed by atoms with Crippen LogP contribution in [0, 0.1) is 0 Å². The smallest absolute Gasteiger partial charge is 0.225 e. The number of thiophene rings is 1. The fourth-order valence-electron chi connectivity index (χ4n) is 3.45. The number of ether oxygens (including phenoxy) is 1. The molecule has 0 aliphatic carbocycles. The predicted octanol–water partition coefficient (Wildman–Crippen LogP) is 3.64. The van der Waals surface area contributed by atoms with E-state index in [2.05, 4.69) is 16.3 Å². The highest BCUT2D eigenvalue weighted by Crippen LogP contribution is 2.30. The van der Waals surface area contributed by atoms with E-state index in [9.17, 15) is 4.79 Å². The number of rotatable bonds is 7. The fourth-order valence-corrected chi connectivity index (χ4v) is 4.16. The van der Waals surface area contributed by atoms with Crippen LogP contribution >= 0.6 is 11.3 Å². The second kappa shape index (κ2) is 9.02. The van der Waals surface area contributed by atoms with Crippen LogP contribution in [0.2, 0.25) is 0 Å². The lowest BCUT2D eigenvalue weighted by Crippen LogP contribution is -2.41. The van der Waals surface area contributed by atoms with Crippen LogP contribution in [0.4, 0.5) is 0 Å². The van der Waals surface area contributed by atoms with Crippen molar-refractivity contribution in [1.29, 1.82) is 0 Å². The number of hydrogen-bond donors (Lipinski definition) is 1. The third-order valence-corrected chi connectivity index (χ3v) is 5.61. The van der Waals surface area contributed by atoms with Gasteiger partial charge in [-0.3, -0.25) is 9.69 Å². The average molecular weight is 359 g/mol. The van der Waals surface area contributed by atoms with Crippen molar-refractivity contribution in [2.45, 2.75) is 31.7 Å². The van der Waals surface area contributed by atoms with Crippen LogP contribution in [-0.2, 0) is 11.2 Å². The molecule has 4 nitrogen and oxygen atoms in total. The van der Waals surface area contributed by atoms with Gasteiger partial charge in [-0.25, -0.2) is 0 Å². The second-order valence-electron chi connectivity index (χ2n) is 6.41. The molecule has 25 heavy (non-hydrogen) atoms. The van der Waals surface area contributed by atoms with Crippen molar-refractivity contribution in [3.8, 4) is 5.75 Å². The molecular formula is C20H26N2O2S. The maximum Gasteiger partial charge on any atom is 0.225 e. The number of benzene rings is 1. The Hall–Kier alpha value is -1.85. The summed E-state index contributed by atoms with van der Waals surface area (Å²) < 4.78 is 5.57. The van der Waals surface area contributed by atoms with Crippen LogP contribution in [0.5, 0.6) is 5.75 Å². The first-order valence-corrected chi connectivity index (χ1v) is 9.82. The summed E-state index contributed by atoms with van der Waals surface area (Å²) in [5.41, 5.74) is 1.16.